The third-order valence-corrected chi connectivity index (χ3v) is 21.6. The van der Waals surface area contributed by atoms with E-state index in [1.54, 1.807) is 26.4 Å². The maximum Gasteiger partial charge on any atom is 0.269 e. The van der Waals surface area contributed by atoms with Gasteiger partial charge in [-0.25, -0.2) is 0 Å². The van der Waals surface area contributed by atoms with Crippen molar-refractivity contribution in [2.45, 2.75) is 0 Å². The molecule has 0 heterocycles. The predicted molar refractivity (Wildman–Crippen MR) is 495 cm³/mol. The van der Waals surface area contributed by atoms with Gasteiger partial charge in [0, 0.05) is 124 Å². The van der Waals surface area contributed by atoms with E-state index < -0.39 is 0 Å². The van der Waals surface area contributed by atoms with E-state index in [0.717, 1.165) is 108 Å². The molecule has 11 heteroatoms. The molecule has 0 aliphatic heterocycles. The molecule has 0 fully saturated rings. The Hall–Kier alpha value is -15.5. The third-order valence-electron chi connectivity index (χ3n) is 21.6. The summed E-state index contributed by atoms with van der Waals surface area (Å²) in [5.74, 6) is 1.71. The fourth-order valence-electron chi connectivity index (χ4n) is 15.1. The molecule has 0 aliphatic carbocycles. The average Bonchev–Trinajstić information content (AvgIpc) is 0.786. The van der Waals surface area contributed by atoms with E-state index in [1.165, 1.54) is 66.7 Å². The molecular formula is C107H87N7O4. The number of methoxy groups -OCH3 is 2. The molecule has 0 N–H and O–H groups in total. The Morgan fingerprint density at radius 3 is 0.746 bits per heavy atom. The van der Waals surface area contributed by atoms with Crippen molar-refractivity contribution in [2.24, 2.45) is 0 Å². The van der Waals surface area contributed by atoms with Gasteiger partial charge in [0.25, 0.3) is 5.69 Å². The molecule has 0 saturated heterocycles. The molecule has 11 nitrogen and oxygen atoms in total. The fraction of sp³-hybridized carbons (Fsp3) is 0.0467. The molecular weight excluding hydrogens is 1450 g/mol. The average molecular weight is 1530 g/mol. The molecule has 0 aliphatic rings. The Bertz CT molecular complexity index is 6370. The Balaban J connectivity index is 0.000000132. The third kappa shape index (κ3) is 17.1. The molecule has 0 bridgehead atoms. The Labute approximate surface area is 690 Å². The molecule has 574 valence electrons. The van der Waals surface area contributed by atoms with Gasteiger partial charge in [0.1, 0.15) is 11.5 Å². The van der Waals surface area contributed by atoms with Crippen molar-refractivity contribution in [3.63, 3.8) is 0 Å². The number of nitro groups is 1. The van der Waals surface area contributed by atoms with Crippen LogP contribution in [-0.2, 0) is 0 Å². The Morgan fingerprint density at radius 2 is 0.449 bits per heavy atom. The summed E-state index contributed by atoms with van der Waals surface area (Å²) in [5.41, 5.74) is 23.5. The summed E-state index contributed by atoms with van der Waals surface area (Å²) in [7, 11) is 9.49. The second kappa shape index (κ2) is 35.7. The van der Waals surface area contributed by atoms with Gasteiger partial charge in [0.15, 0.2) is 0 Å². The summed E-state index contributed by atoms with van der Waals surface area (Å²) in [6.45, 7) is 0. The molecule has 0 atom stereocenters. The summed E-state index contributed by atoms with van der Waals surface area (Å²) in [4.78, 5) is 23.9. The summed E-state index contributed by atoms with van der Waals surface area (Å²) in [6.07, 6.45) is 0. The highest BCUT2D eigenvalue weighted by Gasteiger charge is 2.21. The minimum atomic E-state index is -0.384. The number of hydrogen-bond acceptors (Lipinski definition) is 10. The highest BCUT2D eigenvalue weighted by atomic mass is 16.6. The zero-order valence-corrected chi connectivity index (χ0v) is 66.3. The van der Waals surface area contributed by atoms with Gasteiger partial charge in [0.2, 0.25) is 0 Å². The van der Waals surface area contributed by atoms with Gasteiger partial charge >= 0.3 is 0 Å². The van der Waals surface area contributed by atoms with Gasteiger partial charge in [-0.2, -0.15) is 0 Å². The van der Waals surface area contributed by atoms with Crippen LogP contribution < -0.4 is 38.9 Å². The van der Waals surface area contributed by atoms with Crippen molar-refractivity contribution >= 4 is 123 Å². The number of para-hydroxylation sites is 3. The number of rotatable bonds is 21. The number of hydrogen-bond donors (Lipinski definition) is 0. The van der Waals surface area contributed by atoms with Crippen molar-refractivity contribution in [1.82, 2.24) is 0 Å². The number of non-ortho nitro benzene ring substituents is 1. The van der Waals surface area contributed by atoms with E-state index in [2.05, 4.69) is 415 Å². The van der Waals surface area contributed by atoms with Gasteiger partial charge in [-0.15, -0.1) is 0 Å². The number of anilines is 15. The van der Waals surface area contributed by atoms with Gasteiger partial charge < -0.3 is 38.9 Å². The molecule has 0 saturated carbocycles. The van der Waals surface area contributed by atoms with Crippen LogP contribution in [0.4, 0.5) is 91.0 Å². The molecule has 0 radical (unpaired) electrons. The highest BCUT2D eigenvalue weighted by Crippen LogP contribution is 2.44. The first-order chi connectivity index (χ1) is 58.0. The van der Waals surface area contributed by atoms with Crippen LogP contribution in [0.1, 0.15) is 0 Å². The Morgan fingerprint density at radius 1 is 0.220 bits per heavy atom. The van der Waals surface area contributed by atoms with Crippen molar-refractivity contribution < 1.29 is 14.4 Å². The summed E-state index contributed by atoms with van der Waals surface area (Å²) in [6, 6.07) is 151. The quantitative estimate of drug-likeness (QED) is 0.0513. The zero-order valence-electron chi connectivity index (χ0n) is 66.3. The number of ether oxygens (including phenoxy) is 2. The monoisotopic (exact) mass is 1530 g/mol. The van der Waals surface area contributed by atoms with E-state index in [9.17, 15) is 10.1 Å². The Kier molecular flexibility index (Phi) is 23.2. The van der Waals surface area contributed by atoms with E-state index >= 15 is 0 Å². The zero-order chi connectivity index (χ0) is 80.7. The maximum atomic E-state index is 11.0. The second-order valence-corrected chi connectivity index (χ2v) is 28.6. The molecule has 0 amide bonds. The first-order valence-electron chi connectivity index (χ1n) is 39.3. The summed E-state index contributed by atoms with van der Waals surface area (Å²) in [5, 5.41) is 18.3. The number of nitrogens with zero attached hydrogens (tertiary/aromatic N) is 7. The number of nitro benzene ring substituents is 1. The lowest BCUT2D eigenvalue weighted by molar-refractivity contribution is -0.384. The largest absolute Gasteiger partial charge is 0.497 e. The lowest BCUT2D eigenvalue weighted by atomic mass is 10.0. The smallest absolute Gasteiger partial charge is 0.269 e. The van der Waals surface area contributed by atoms with Crippen molar-refractivity contribution in [3.05, 3.63) is 447 Å². The van der Waals surface area contributed by atoms with Crippen LogP contribution in [0, 0.1) is 10.1 Å². The first kappa shape index (κ1) is 76.5. The SMILES string of the molecule is CN(c1ccc(-c2ccc(N(c3ccccc3)c3cccc4ccccc34)cc2)cc1)c1ccc([N+](=O)[O-])cc1.COc1ccc(N(C)c2ccc(-c3ccc(N(c4ccccc4)c4cccc5ccccc45)cc3)cc2)cc1.COc1cccc(N(C)c2ccc(-c3ccc(N(c4ccccc4)c4cccc5ccccc45)cc3)cc2)c1. The van der Waals surface area contributed by atoms with E-state index in [1.807, 2.05) is 48.3 Å². The van der Waals surface area contributed by atoms with Gasteiger partial charge in [0.05, 0.1) is 36.2 Å². The topological polar surface area (TPSA) is 81.0 Å². The van der Waals surface area contributed by atoms with Crippen molar-refractivity contribution in [3.8, 4) is 44.9 Å². The van der Waals surface area contributed by atoms with Gasteiger partial charge in [-0.3, -0.25) is 10.1 Å². The lowest BCUT2D eigenvalue weighted by Gasteiger charge is -2.27. The number of benzene rings is 18. The number of fused-ring (bicyclic) bond motifs is 3. The van der Waals surface area contributed by atoms with Crippen LogP contribution in [0.2, 0.25) is 0 Å². The first-order valence-corrected chi connectivity index (χ1v) is 39.3. The molecule has 18 aromatic carbocycles. The standard InChI is InChI=1S/2C36H30N2O.C35H27N3O2/c1-37(33-14-9-15-34(26-33)39-2)30-22-18-27(19-23-30)28-20-24-32(25-21-28)38(31-12-4-3-5-13-31)36-17-8-11-29-10-6-7-16-35(29)36;1-37(31-23-25-34(39-2)26-24-31)30-19-15-27(16-20-30)28-17-21-33(22-18-28)38(32-11-4-3-5-12-32)36-14-8-10-29-9-6-7-13-35(29)36;1-36(30-22-24-33(25-23-30)38(39)40)29-18-14-26(15-19-29)27-16-20-32(21-17-27)37(31-10-3-2-4-11-31)35-13-7-9-28-8-5-6-12-34(28)35/h2*3-26H,1-2H3;2-25H,1H3. The molecule has 18 aromatic rings. The van der Waals surface area contributed by atoms with E-state index in [4.69, 9.17) is 9.47 Å². The summed E-state index contributed by atoms with van der Waals surface area (Å²) >= 11 is 0. The summed E-state index contributed by atoms with van der Waals surface area (Å²) < 4.78 is 10.7. The van der Waals surface area contributed by atoms with E-state index in [-0.39, 0.29) is 10.6 Å². The minimum Gasteiger partial charge on any atom is -0.497 e. The normalized spacial score (nSPS) is 10.8. The van der Waals surface area contributed by atoms with Gasteiger partial charge in [-0.05, 0) is 225 Å². The van der Waals surface area contributed by atoms with Crippen LogP contribution in [0.25, 0.3) is 65.7 Å². The van der Waals surface area contributed by atoms with E-state index in [0.29, 0.717) is 0 Å². The van der Waals surface area contributed by atoms with Crippen molar-refractivity contribution in [1.29, 1.82) is 0 Å². The fourth-order valence-corrected chi connectivity index (χ4v) is 15.1. The molecule has 118 heavy (non-hydrogen) atoms. The van der Waals surface area contributed by atoms with Crippen LogP contribution >= 0.6 is 0 Å². The van der Waals surface area contributed by atoms with Crippen LogP contribution in [0.5, 0.6) is 11.5 Å². The molecule has 18 rings (SSSR count). The second-order valence-electron chi connectivity index (χ2n) is 28.6. The van der Waals surface area contributed by atoms with Crippen LogP contribution in [0.3, 0.4) is 0 Å². The molecule has 0 unspecified atom stereocenters. The van der Waals surface area contributed by atoms with Gasteiger partial charge in [-0.1, -0.05) is 243 Å². The van der Waals surface area contributed by atoms with Crippen LogP contribution in [-0.4, -0.2) is 40.3 Å². The molecule has 0 spiro atoms. The van der Waals surface area contributed by atoms with Crippen molar-refractivity contribution in [2.75, 3.05) is 64.8 Å². The maximum absolute atomic E-state index is 11.0. The highest BCUT2D eigenvalue weighted by molar-refractivity contribution is 6.02. The lowest BCUT2D eigenvalue weighted by Crippen LogP contribution is -2.10. The minimum absolute atomic E-state index is 0.0854. The predicted octanol–water partition coefficient (Wildman–Crippen LogP) is 29.2. The van der Waals surface area contributed by atoms with Crippen LogP contribution in [0.15, 0.2) is 437 Å². The molecule has 0 aromatic heterocycles.